The molecule has 12 heteroatoms. The van der Waals surface area contributed by atoms with Crippen molar-refractivity contribution in [1.82, 2.24) is 5.32 Å². The van der Waals surface area contributed by atoms with Crippen LogP contribution in [-0.2, 0) is 23.4 Å². The molecule has 2 N–H and O–H groups in total. The first-order chi connectivity index (χ1) is 19.0. The minimum Gasteiger partial charge on any atom is -0.457 e. The summed E-state index contributed by atoms with van der Waals surface area (Å²) < 4.78 is 49.0. The quantitative estimate of drug-likeness (QED) is 0.173. The number of para-hydroxylation sites is 1. The average Bonchev–Trinajstić information content (AvgIpc) is 2.88. The Morgan fingerprint density at radius 3 is 1.90 bits per heavy atom. The van der Waals surface area contributed by atoms with Crippen molar-refractivity contribution in [3.05, 3.63) is 53.6 Å². The van der Waals surface area contributed by atoms with E-state index in [0.717, 1.165) is 28.6 Å². The van der Waals surface area contributed by atoms with Gasteiger partial charge in [-0.1, -0.05) is 52.8 Å². The summed E-state index contributed by atoms with van der Waals surface area (Å²) in [6.07, 6.45) is 0. The van der Waals surface area contributed by atoms with Crippen LogP contribution in [0, 0.1) is 0 Å². The first kappa shape index (κ1) is 37.4. The molecule has 0 spiro atoms. The lowest BCUT2D eigenvalue weighted by atomic mass is 9.92. The summed E-state index contributed by atoms with van der Waals surface area (Å²) >= 11 is 6.46. The van der Waals surface area contributed by atoms with Crippen molar-refractivity contribution in [1.29, 1.82) is 0 Å². The van der Waals surface area contributed by atoms with E-state index in [-0.39, 0.29) is 22.8 Å². The molecule has 0 aromatic heterocycles. The molecule has 0 unspecified atom stereocenters. The number of ether oxygens (including phenoxy) is 1. The van der Waals surface area contributed by atoms with Gasteiger partial charge < -0.3 is 24.4 Å². The van der Waals surface area contributed by atoms with Crippen LogP contribution in [0.3, 0.4) is 0 Å². The van der Waals surface area contributed by atoms with Crippen molar-refractivity contribution in [2.75, 3.05) is 36.8 Å². The van der Waals surface area contributed by atoms with Gasteiger partial charge >= 0.3 is 6.80 Å². The molecule has 0 saturated carbocycles. The van der Waals surface area contributed by atoms with E-state index in [9.17, 15) is 13.0 Å². The van der Waals surface area contributed by atoms with Gasteiger partial charge in [0.1, 0.15) is 11.5 Å². The molecule has 0 saturated heterocycles. The predicted octanol–water partition coefficient (Wildman–Crippen LogP) is 8.37. The van der Waals surface area contributed by atoms with E-state index in [2.05, 4.69) is 80.3 Å². The van der Waals surface area contributed by atoms with E-state index in [1.165, 1.54) is 25.3 Å². The summed E-state index contributed by atoms with van der Waals surface area (Å²) in [4.78, 5) is 0. The Balaban J connectivity index is 0.000000509. The van der Waals surface area contributed by atoms with Crippen LogP contribution < -0.4 is 15.4 Å². The van der Waals surface area contributed by atoms with Crippen LogP contribution in [0.5, 0.6) is 11.5 Å². The molecular formula is C29H47N2O6PS3. The van der Waals surface area contributed by atoms with Crippen molar-refractivity contribution >= 4 is 51.0 Å². The van der Waals surface area contributed by atoms with Gasteiger partial charge in [0.2, 0.25) is 0 Å². The molecule has 0 aliphatic rings. The standard InChI is InChI=1S/C23H32N2OS.C6H15O5PS2/c1-15(2)19-13-18(26-17-11-9-8-10-12-17)14-20(16(3)4)21(19)24-22(27)25-23(5,6)7;1-4-14(8,9)6-5-13-12(7,10-2)11-3/h8-16H,1-7H3,(H2,24,25,27);4-6H2,1-3H3. The number of hydrogen-bond donors (Lipinski definition) is 2. The zero-order valence-corrected chi connectivity index (χ0v) is 29.3. The largest absolute Gasteiger partial charge is 0.457 e. The van der Waals surface area contributed by atoms with Crippen molar-refractivity contribution in [3.8, 4) is 11.5 Å². The van der Waals surface area contributed by atoms with Crippen LogP contribution >= 0.6 is 30.4 Å². The Hall–Kier alpha value is -1.62. The minimum atomic E-state index is -3.13. The maximum Gasteiger partial charge on any atom is 0.388 e. The normalized spacial score (nSPS) is 12.1. The number of sulfone groups is 1. The van der Waals surface area contributed by atoms with Crippen LogP contribution in [-0.4, -0.2) is 50.5 Å². The lowest BCUT2D eigenvalue weighted by Crippen LogP contribution is -2.43. The molecule has 0 amide bonds. The Morgan fingerprint density at radius 1 is 0.976 bits per heavy atom. The molecule has 0 fully saturated rings. The van der Waals surface area contributed by atoms with Gasteiger partial charge in [-0.15, -0.1) is 0 Å². The lowest BCUT2D eigenvalue weighted by molar-refractivity contribution is 0.295. The maximum atomic E-state index is 11.4. The van der Waals surface area contributed by atoms with E-state index in [0.29, 0.717) is 16.9 Å². The van der Waals surface area contributed by atoms with Gasteiger partial charge in [0.15, 0.2) is 14.9 Å². The summed E-state index contributed by atoms with van der Waals surface area (Å²) in [6.45, 7) is 13.5. The number of benzene rings is 2. The second-order valence-corrected chi connectivity index (χ2v) is 18.2. The highest BCUT2D eigenvalue weighted by atomic mass is 32.7. The molecule has 232 valence electrons. The molecule has 0 atom stereocenters. The summed E-state index contributed by atoms with van der Waals surface area (Å²) in [5.74, 6) is 2.67. The molecule has 0 heterocycles. The second-order valence-electron chi connectivity index (χ2n) is 10.9. The number of anilines is 1. The molecule has 2 aromatic carbocycles. The third-order valence-corrected chi connectivity index (χ3v) is 11.8. The average molecular weight is 647 g/mol. The monoisotopic (exact) mass is 646 g/mol. The third kappa shape index (κ3) is 13.9. The Morgan fingerprint density at radius 2 is 1.49 bits per heavy atom. The summed E-state index contributed by atoms with van der Waals surface area (Å²) in [7, 11) is -0.473. The fraction of sp³-hybridized carbons (Fsp3) is 0.552. The van der Waals surface area contributed by atoms with E-state index < -0.39 is 16.6 Å². The molecule has 0 aliphatic heterocycles. The second kappa shape index (κ2) is 16.9. The Labute approximate surface area is 256 Å². The number of hydrogen-bond acceptors (Lipinski definition) is 8. The van der Waals surface area contributed by atoms with Gasteiger partial charge in [-0.3, -0.25) is 0 Å². The van der Waals surface area contributed by atoms with Crippen LogP contribution in [0.15, 0.2) is 42.5 Å². The van der Waals surface area contributed by atoms with E-state index in [1.807, 2.05) is 30.3 Å². The number of nitrogens with one attached hydrogen (secondary N) is 2. The summed E-state index contributed by atoms with van der Waals surface area (Å²) in [5.41, 5.74) is 3.40. The van der Waals surface area contributed by atoms with Gasteiger partial charge in [-0.25, -0.2) is 13.0 Å². The first-order valence-electron chi connectivity index (χ1n) is 13.5. The van der Waals surface area contributed by atoms with Gasteiger partial charge in [-0.2, -0.15) is 0 Å². The molecule has 0 bridgehead atoms. The SMILES string of the molecule is CC(C)c1cc(Oc2ccccc2)cc(C(C)C)c1NC(=S)NC(C)(C)C.CCS(=O)(=O)CCSP(=O)(OC)OC. The first-order valence-corrected chi connectivity index (χ1v) is 18.9. The molecule has 2 rings (SSSR count). The smallest absolute Gasteiger partial charge is 0.388 e. The fourth-order valence-corrected chi connectivity index (χ4v) is 8.05. The molecule has 0 radical (unpaired) electrons. The molecular weight excluding hydrogens is 600 g/mol. The molecule has 41 heavy (non-hydrogen) atoms. The molecule has 8 nitrogen and oxygen atoms in total. The van der Waals surface area contributed by atoms with Crippen LogP contribution in [0.25, 0.3) is 0 Å². The van der Waals surface area contributed by atoms with Crippen molar-refractivity contribution in [3.63, 3.8) is 0 Å². The lowest BCUT2D eigenvalue weighted by Gasteiger charge is -2.27. The molecule has 0 aliphatic carbocycles. The highest BCUT2D eigenvalue weighted by molar-refractivity contribution is 8.55. The van der Waals surface area contributed by atoms with Gasteiger partial charge in [0.25, 0.3) is 0 Å². The van der Waals surface area contributed by atoms with Gasteiger partial charge in [0.05, 0.1) is 5.75 Å². The zero-order chi connectivity index (χ0) is 31.4. The van der Waals surface area contributed by atoms with Crippen molar-refractivity contribution < 1.29 is 26.8 Å². The summed E-state index contributed by atoms with van der Waals surface area (Å²) in [5, 5.41) is 7.44. The van der Waals surface area contributed by atoms with Crippen LogP contribution in [0.2, 0.25) is 0 Å². The fourth-order valence-electron chi connectivity index (χ4n) is 3.48. The van der Waals surface area contributed by atoms with Crippen molar-refractivity contribution in [2.45, 2.75) is 72.8 Å². The maximum absolute atomic E-state index is 11.4. The molecule has 2 aromatic rings. The number of rotatable bonds is 12. The van der Waals surface area contributed by atoms with Crippen LogP contribution in [0.4, 0.5) is 5.69 Å². The van der Waals surface area contributed by atoms with Crippen molar-refractivity contribution in [2.24, 2.45) is 0 Å². The summed E-state index contributed by atoms with van der Waals surface area (Å²) in [6, 6.07) is 14.1. The van der Waals surface area contributed by atoms with Gasteiger partial charge in [0, 0.05) is 37.0 Å². The minimum absolute atomic E-state index is 0.00905. The highest BCUT2D eigenvalue weighted by Gasteiger charge is 2.23. The van der Waals surface area contributed by atoms with Crippen LogP contribution in [0.1, 0.15) is 78.4 Å². The zero-order valence-electron chi connectivity index (χ0n) is 25.9. The third-order valence-electron chi connectivity index (χ3n) is 5.65. The van der Waals surface area contributed by atoms with E-state index >= 15 is 0 Å². The predicted molar refractivity (Wildman–Crippen MR) is 179 cm³/mol. The topological polar surface area (TPSA) is 103 Å². The highest BCUT2D eigenvalue weighted by Crippen LogP contribution is 2.59. The van der Waals surface area contributed by atoms with Gasteiger partial charge in [-0.05, 0) is 91.6 Å². The Bertz CT molecular complexity index is 1230. The van der Waals surface area contributed by atoms with E-state index in [4.69, 9.17) is 17.0 Å². The number of thiocarbonyl (C=S) groups is 1. The Kier molecular flexibility index (Phi) is 15.4. The van der Waals surface area contributed by atoms with E-state index in [1.54, 1.807) is 6.92 Å².